The van der Waals surface area contributed by atoms with Crippen LogP contribution >= 0.6 is 11.6 Å². The Balaban J connectivity index is 1.84. The molecule has 5 heteroatoms. The van der Waals surface area contributed by atoms with Crippen molar-refractivity contribution in [1.82, 2.24) is 10.1 Å². The second kappa shape index (κ2) is 5.46. The molecule has 2 aromatic rings. The topological polar surface area (TPSA) is 55.3 Å². The first kappa shape index (κ1) is 13.5. The molecule has 0 unspecified atom stereocenters. The lowest BCUT2D eigenvalue weighted by Crippen LogP contribution is -2.29. The van der Waals surface area contributed by atoms with Crippen molar-refractivity contribution < 1.29 is 4.52 Å². The molecular weight excluding hydrogens is 274 g/mol. The molecule has 3 rings (SSSR count). The summed E-state index contributed by atoms with van der Waals surface area (Å²) >= 11 is 6.45. The number of nitrogen functional groups attached to an aromatic ring is 1. The molecule has 2 heterocycles. The summed E-state index contributed by atoms with van der Waals surface area (Å²) in [5.41, 5.74) is 7.72. The van der Waals surface area contributed by atoms with Crippen LogP contribution in [0, 0.1) is 0 Å². The van der Waals surface area contributed by atoms with Crippen LogP contribution in [0.4, 0.5) is 5.82 Å². The Morgan fingerprint density at radius 1 is 1.30 bits per heavy atom. The van der Waals surface area contributed by atoms with E-state index in [1.54, 1.807) is 6.07 Å². The molecule has 1 aromatic carbocycles. The van der Waals surface area contributed by atoms with Crippen molar-refractivity contribution in [2.75, 3.05) is 25.9 Å². The molecule has 0 saturated carbocycles. The van der Waals surface area contributed by atoms with Crippen molar-refractivity contribution in [2.24, 2.45) is 0 Å². The predicted molar refractivity (Wildman–Crippen MR) is 80.8 cm³/mol. The number of rotatable bonds is 2. The van der Waals surface area contributed by atoms with Crippen LogP contribution in [-0.2, 0) is 0 Å². The van der Waals surface area contributed by atoms with Crippen molar-refractivity contribution in [3.8, 4) is 11.3 Å². The van der Waals surface area contributed by atoms with E-state index in [1.807, 2.05) is 12.1 Å². The molecule has 0 amide bonds. The van der Waals surface area contributed by atoms with Crippen LogP contribution in [0.15, 0.2) is 28.8 Å². The largest absolute Gasteiger partial charge is 0.381 e. The van der Waals surface area contributed by atoms with Gasteiger partial charge in [0.05, 0.1) is 0 Å². The SMILES string of the molecule is CN1CCC(c2ccc(-c3cc(N)no3)cc2Cl)CC1. The zero-order chi connectivity index (χ0) is 14.1. The number of piperidine rings is 1. The summed E-state index contributed by atoms with van der Waals surface area (Å²) in [5, 5.41) is 4.50. The van der Waals surface area contributed by atoms with Crippen molar-refractivity contribution in [1.29, 1.82) is 0 Å². The van der Waals surface area contributed by atoms with E-state index < -0.39 is 0 Å². The summed E-state index contributed by atoms with van der Waals surface area (Å²) in [4.78, 5) is 2.36. The van der Waals surface area contributed by atoms with Crippen molar-refractivity contribution in [3.05, 3.63) is 34.9 Å². The Morgan fingerprint density at radius 2 is 2.05 bits per heavy atom. The molecule has 1 aromatic heterocycles. The third-order valence-electron chi connectivity index (χ3n) is 3.97. The fourth-order valence-corrected chi connectivity index (χ4v) is 3.09. The summed E-state index contributed by atoms with van der Waals surface area (Å²) < 4.78 is 5.16. The maximum absolute atomic E-state index is 6.45. The van der Waals surface area contributed by atoms with Gasteiger partial charge in [0.2, 0.25) is 0 Å². The maximum Gasteiger partial charge on any atom is 0.169 e. The van der Waals surface area contributed by atoms with Gasteiger partial charge >= 0.3 is 0 Å². The quantitative estimate of drug-likeness (QED) is 0.921. The monoisotopic (exact) mass is 291 g/mol. The highest BCUT2D eigenvalue weighted by Crippen LogP contribution is 2.35. The fourth-order valence-electron chi connectivity index (χ4n) is 2.76. The van der Waals surface area contributed by atoms with E-state index in [1.165, 1.54) is 5.56 Å². The third-order valence-corrected chi connectivity index (χ3v) is 4.30. The van der Waals surface area contributed by atoms with Crippen LogP contribution in [0.5, 0.6) is 0 Å². The summed E-state index contributed by atoms with van der Waals surface area (Å²) in [5.74, 6) is 1.59. The number of benzene rings is 1. The minimum absolute atomic E-state index is 0.385. The summed E-state index contributed by atoms with van der Waals surface area (Å²) in [6.07, 6.45) is 2.32. The average Bonchev–Trinajstić information content (AvgIpc) is 2.87. The highest BCUT2D eigenvalue weighted by molar-refractivity contribution is 6.31. The molecule has 4 nitrogen and oxygen atoms in total. The zero-order valence-electron chi connectivity index (χ0n) is 11.5. The molecule has 1 saturated heterocycles. The van der Waals surface area contributed by atoms with E-state index >= 15 is 0 Å². The summed E-state index contributed by atoms with van der Waals surface area (Å²) in [6, 6.07) is 7.78. The number of halogens is 1. The van der Waals surface area contributed by atoms with Crippen molar-refractivity contribution in [2.45, 2.75) is 18.8 Å². The van der Waals surface area contributed by atoms with E-state index in [0.29, 0.717) is 17.5 Å². The van der Waals surface area contributed by atoms with Gasteiger partial charge in [-0.05, 0) is 50.5 Å². The standard InChI is InChI=1S/C15H18ClN3O/c1-19-6-4-10(5-7-19)12-3-2-11(8-13(12)16)14-9-15(17)18-20-14/h2-3,8-10H,4-7H2,1H3,(H2,17,18). The lowest BCUT2D eigenvalue weighted by atomic mass is 9.89. The Morgan fingerprint density at radius 3 is 2.65 bits per heavy atom. The fraction of sp³-hybridized carbons (Fsp3) is 0.400. The first-order chi connectivity index (χ1) is 9.63. The molecule has 1 aliphatic rings. The van der Waals surface area contributed by atoms with Gasteiger partial charge in [-0.2, -0.15) is 0 Å². The van der Waals surface area contributed by atoms with Crippen LogP contribution in [0.25, 0.3) is 11.3 Å². The molecule has 0 aliphatic carbocycles. The normalized spacial score (nSPS) is 17.5. The molecule has 0 atom stereocenters. The number of likely N-dealkylation sites (tertiary alicyclic amines) is 1. The Bertz CT molecular complexity index is 603. The first-order valence-corrected chi connectivity index (χ1v) is 7.22. The minimum Gasteiger partial charge on any atom is -0.381 e. The summed E-state index contributed by atoms with van der Waals surface area (Å²) in [6.45, 7) is 2.25. The van der Waals surface area contributed by atoms with Gasteiger partial charge in [0, 0.05) is 16.7 Å². The smallest absolute Gasteiger partial charge is 0.169 e. The van der Waals surface area contributed by atoms with E-state index in [0.717, 1.165) is 36.5 Å². The Kier molecular flexibility index (Phi) is 3.68. The van der Waals surface area contributed by atoms with E-state index in [4.69, 9.17) is 21.9 Å². The summed E-state index contributed by atoms with van der Waals surface area (Å²) in [7, 11) is 2.16. The van der Waals surface area contributed by atoms with Gasteiger partial charge in [0.25, 0.3) is 0 Å². The number of anilines is 1. The number of nitrogens with zero attached hydrogens (tertiary/aromatic N) is 2. The highest BCUT2D eigenvalue weighted by Gasteiger charge is 2.21. The lowest BCUT2D eigenvalue weighted by Gasteiger charge is -2.29. The minimum atomic E-state index is 0.385. The second-order valence-corrected chi connectivity index (χ2v) is 5.84. The number of hydrogen-bond donors (Lipinski definition) is 1. The Hall–Kier alpha value is -1.52. The molecule has 0 spiro atoms. The third kappa shape index (κ3) is 2.67. The van der Waals surface area contributed by atoms with Gasteiger partial charge in [0.1, 0.15) is 0 Å². The molecule has 20 heavy (non-hydrogen) atoms. The van der Waals surface area contributed by atoms with E-state index in [-0.39, 0.29) is 0 Å². The van der Waals surface area contributed by atoms with E-state index in [2.05, 4.69) is 23.2 Å². The predicted octanol–water partition coefficient (Wildman–Crippen LogP) is 3.39. The van der Waals surface area contributed by atoms with E-state index in [9.17, 15) is 0 Å². The second-order valence-electron chi connectivity index (χ2n) is 5.43. The van der Waals surface area contributed by atoms with Crippen LogP contribution in [0.1, 0.15) is 24.3 Å². The van der Waals surface area contributed by atoms with Gasteiger partial charge in [-0.3, -0.25) is 0 Å². The van der Waals surface area contributed by atoms with Crippen LogP contribution < -0.4 is 5.73 Å². The van der Waals surface area contributed by atoms with Gasteiger partial charge in [-0.25, -0.2) is 0 Å². The van der Waals surface area contributed by atoms with Gasteiger partial charge in [-0.1, -0.05) is 28.9 Å². The molecule has 2 N–H and O–H groups in total. The van der Waals surface area contributed by atoms with Crippen LogP contribution in [0.2, 0.25) is 5.02 Å². The molecule has 0 radical (unpaired) electrons. The van der Waals surface area contributed by atoms with Crippen molar-refractivity contribution >= 4 is 17.4 Å². The van der Waals surface area contributed by atoms with Gasteiger partial charge in [-0.15, -0.1) is 0 Å². The maximum atomic E-state index is 6.45. The molecule has 106 valence electrons. The zero-order valence-corrected chi connectivity index (χ0v) is 12.2. The molecule has 1 fully saturated rings. The van der Waals surface area contributed by atoms with Crippen LogP contribution in [0.3, 0.4) is 0 Å². The Labute approximate surface area is 123 Å². The van der Waals surface area contributed by atoms with Gasteiger partial charge in [0.15, 0.2) is 11.6 Å². The average molecular weight is 292 g/mol. The lowest BCUT2D eigenvalue weighted by molar-refractivity contribution is 0.255. The number of nitrogens with two attached hydrogens (primary N) is 1. The molecular formula is C15H18ClN3O. The van der Waals surface area contributed by atoms with Crippen molar-refractivity contribution in [3.63, 3.8) is 0 Å². The highest BCUT2D eigenvalue weighted by atomic mass is 35.5. The molecule has 0 bridgehead atoms. The van der Waals surface area contributed by atoms with Crippen LogP contribution in [-0.4, -0.2) is 30.2 Å². The number of hydrogen-bond acceptors (Lipinski definition) is 4. The van der Waals surface area contributed by atoms with Gasteiger partial charge < -0.3 is 15.2 Å². The number of aromatic nitrogens is 1. The molecule has 1 aliphatic heterocycles. The first-order valence-electron chi connectivity index (χ1n) is 6.84.